The monoisotopic (exact) mass is 211 g/mol. The maximum absolute atomic E-state index is 11.5. The number of carbonyl (C=O) groups excluding carboxylic acids is 2. The van der Waals surface area contributed by atoms with E-state index in [2.05, 4.69) is 5.32 Å². The van der Waals surface area contributed by atoms with Crippen molar-refractivity contribution in [2.24, 2.45) is 0 Å². The Labute approximate surface area is 89.4 Å². The molecule has 1 rings (SSSR count). The molecule has 2 N–H and O–H groups in total. The largest absolute Gasteiger partial charge is 0.390 e. The molecule has 0 radical (unpaired) electrons. The number of hydrogen-bond donors (Lipinski definition) is 2. The van der Waals surface area contributed by atoms with Crippen molar-refractivity contribution in [2.75, 3.05) is 0 Å². The maximum atomic E-state index is 11.5. The summed E-state index contributed by atoms with van der Waals surface area (Å²) in [5.74, 6) is -0.299. The van der Waals surface area contributed by atoms with Crippen LogP contribution >= 0.6 is 0 Å². The first kappa shape index (κ1) is 11.9. The van der Waals surface area contributed by atoms with Gasteiger partial charge in [0.15, 0.2) is 0 Å². The SMILES string of the molecule is CC[C@H](O)[C@@]1(C)C=C(CC(C)=O)C(=O)N1. The molecule has 0 aromatic heterocycles. The molecule has 0 bridgehead atoms. The third-order valence-corrected chi connectivity index (χ3v) is 2.67. The Kier molecular flexibility index (Phi) is 3.29. The molecular formula is C11H17NO3. The van der Waals surface area contributed by atoms with E-state index < -0.39 is 11.6 Å². The predicted molar refractivity (Wildman–Crippen MR) is 56.2 cm³/mol. The third kappa shape index (κ3) is 2.45. The Morgan fingerprint density at radius 3 is 2.73 bits per heavy atom. The van der Waals surface area contributed by atoms with E-state index in [1.165, 1.54) is 6.92 Å². The van der Waals surface area contributed by atoms with E-state index in [1.807, 2.05) is 6.92 Å². The minimum Gasteiger partial charge on any atom is -0.390 e. The fourth-order valence-corrected chi connectivity index (χ4v) is 1.79. The summed E-state index contributed by atoms with van der Waals surface area (Å²) < 4.78 is 0. The molecule has 1 heterocycles. The lowest BCUT2D eigenvalue weighted by Gasteiger charge is -2.27. The summed E-state index contributed by atoms with van der Waals surface area (Å²) in [6.07, 6.45) is 1.74. The highest BCUT2D eigenvalue weighted by molar-refractivity contribution is 6.01. The second-order valence-corrected chi connectivity index (χ2v) is 4.21. The smallest absolute Gasteiger partial charge is 0.248 e. The van der Waals surface area contributed by atoms with Crippen LogP contribution in [-0.4, -0.2) is 28.4 Å². The van der Waals surface area contributed by atoms with E-state index in [0.717, 1.165) is 0 Å². The van der Waals surface area contributed by atoms with Crippen molar-refractivity contribution >= 4 is 11.7 Å². The van der Waals surface area contributed by atoms with Gasteiger partial charge in [-0.1, -0.05) is 6.92 Å². The number of aliphatic hydroxyl groups is 1. The second kappa shape index (κ2) is 4.14. The summed E-state index contributed by atoms with van der Waals surface area (Å²) in [5.41, 5.74) is -0.270. The molecule has 0 unspecified atom stereocenters. The molecule has 0 fully saturated rings. The van der Waals surface area contributed by atoms with Gasteiger partial charge in [-0.25, -0.2) is 0 Å². The second-order valence-electron chi connectivity index (χ2n) is 4.21. The molecule has 0 aliphatic carbocycles. The summed E-state index contributed by atoms with van der Waals surface area (Å²) in [4.78, 5) is 22.4. The number of carbonyl (C=O) groups is 2. The van der Waals surface area contributed by atoms with E-state index in [4.69, 9.17) is 0 Å². The summed E-state index contributed by atoms with van der Waals surface area (Å²) in [6, 6.07) is 0. The zero-order chi connectivity index (χ0) is 11.6. The molecular weight excluding hydrogens is 194 g/mol. The van der Waals surface area contributed by atoms with Crippen molar-refractivity contribution in [3.05, 3.63) is 11.6 Å². The Morgan fingerprint density at radius 2 is 2.27 bits per heavy atom. The van der Waals surface area contributed by atoms with Crippen LogP contribution in [0.2, 0.25) is 0 Å². The molecule has 0 aromatic rings. The minimum atomic E-state index is -0.726. The Bertz CT molecular complexity index is 322. The van der Waals surface area contributed by atoms with Crippen molar-refractivity contribution < 1.29 is 14.7 Å². The number of aliphatic hydroxyl groups excluding tert-OH is 1. The number of nitrogens with one attached hydrogen (secondary N) is 1. The summed E-state index contributed by atoms with van der Waals surface area (Å²) in [6.45, 7) is 5.05. The first-order valence-corrected chi connectivity index (χ1v) is 5.10. The lowest BCUT2D eigenvalue weighted by molar-refractivity contribution is -0.121. The Morgan fingerprint density at radius 1 is 1.67 bits per heavy atom. The van der Waals surface area contributed by atoms with E-state index in [9.17, 15) is 14.7 Å². The van der Waals surface area contributed by atoms with E-state index in [-0.39, 0.29) is 18.1 Å². The molecule has 4 nitrogen and oxygen atoms in total. The zero-order valence-electron chi connectivity index (χ0n) is 9.33. The summed E-state index contributed by atoms with van der Waals surface area (Å²) in [5, 5.41) is 12.4. The van der Waals surface area contributed by atoms with Crippen LogP contribution in [0.4, 0.5) is 0 Å². The number of hydrogen-bond acceptors (Lipinski definition) is 3. The Hall–Kier alpha value is -1.16. The van der Waals surface area contributed by atoms with Crippen molar-refractivity contribution in [1.82, 2.24) is 5.32 Å². The van der Waals surface area contributed by atoms with Gasteiger partial charge in [-0.05, 0) is 26.3 Å². The molecule has 2 atom stereocenters. The molecule has 0 spiro atoms. The van der Waals surface area contributed by atoms with Crippen molar-refractivity contribution in [2.45, 2.75) is 45.3 Å². The molecule has 1 aliphatic rings. The average molecular weight is 211 g/mol. The van der Waals surface area contributed by atoms with Crippen LogP contribution in [0.3, 0.4) is 0 Å². The van der Waals surface area contributed by atoms with Crippen LogP contribution in [0, 0.1) is 0 Å². The number of ketones is 1. The number of Topliss-reactive ketones (excluding diaryl/α,β-unsaturated/α-hetero) is 1. The van der Waals surface area contributed by atoms with E-state index in [1.54, 1.807) is 13.0 Å². The maximum Gasteiger partial charge on any atom is 0.248 e. The molecule has 4 heteroatoms. The van der Waals surface area contributed by atoms with Crippen LogP contribution in [0.15, 0.2) is 11.6 Å². The molecule has 1 amide bonds. The van der Waals surface area contributed by atoms with Gasteiger partial charge in [0.2, 0.25) is 5.91 Å². The van der Waals surface area contributed by atoms with Gasteiger partial charge >= 0.3 is 0 Å². The highest BCUT2D eigenvalue weighted by Gasteiger charge is 2.38. The molecule has 0 saturated heterocycles. The molecule has 1 aliphatic heterocycles. The van der Waals surface area contributed by atoms with Gasteiger partial charge in [-0.3, -0.25) is 9.59 Å². The van der Waals surface area contributed by atoms with Gasteiger partial charge in [0, 0.05) is 12.0 Å². The van der Waals surface area contributed by atoms with Gasteiger partial charge < -0.3 is 10.4 Å². The van der Waals surface area contributed by atoms with Gasteiger partial charge in [0.1, 0.15) is 5.78 Å². The van der Waals surface area contributed by atoms with Crippen molar-refractivity contribution in [3.8, 4) is 0 Å². The quantitative estimate of drug-likeness (QED) is 0.713. The molecule has 0 aromatic carbocycles. The molecule has 15 heavy (non-hydrogen) atoms. The van der Waals surface area contributed by atoms with E-state index in [0.29, 0.717) is 12.0 Å². The van der Waals surface area contributed by atoms with Crippen LogP contribution in [0.25, 0.3) is 0 Å². The van der Waals surface area contributed by atoms with Crippen LogP contribution in [0.5, 0.6) is 0 Å². The molecule has 0 saturated carbocycles. The highest BCUT2D eigenvalue weighted by atomic mass is 16.3. The van der Waals surface area contributed by atoms with Crippen molar-refractivity contribution in [1.29, 1.82) is 0 Å². The fraction of sp³-hybridized carbons (Fsp3) is 0.636. The fourth-order valence-electron chi connectivity index (χ4n) is 1.79. The van der Waals surface area contributed by atoms with Crippen molar-refractivity contribution in [3.63, 3.8) is 0 Å². The minimum absolute atomic E-state index is 0.0494. The summed E-state index contributed by atoms with van der Waals surface area (Å²) in [7, 11) is 0. The number of amides is 1. The highest BCUT2D eigenvalue weighted by Crippen LogP contribution is 2.24. The Balaban J connectivity index is 2.86. The van der Waals surface area contributed by atoms with Gasteiger partial charge in [0.05, 0.1) is 11.6 Å². The first-order valence-electron chi connectivity index (χ1n) is 5.10. The van der Waals surface area contributed by atoms with Crippen LogP contribution in [0.1, 0.15) is 33.6 Å². The zero-order valence-corrected chi connectivity index (χ0v) is 9.33. The van der Waals surface area contributed by atoms with Crippen LogP contribution in [-0.2, 0) is 9.59 Å². The first-order chi connectivity index (χ1) is 6.89. The van der Waals surface area contributed by atoms with Gasteiger partial charge in [0.25, 0.3) is 0 Å². The number of rotatable bonds is 4. The van der Waals surface area contributed by atoms with Crippen LogP contribution < -0.4 is 5.32 Å². The third-order valence-electron chi connectivity index (χ3n) is 2.67. The lowest BCUT2D eigenvalue weighted by atomic mass is 9.93. The lowest BCUT2D eigenvalue weighted by Crippen LogP contribution is -2.48. The van der Waals surface area contributed by atoms with Gasteiger partial charge in [-0.2, -0.15) is 0 Å². The summed E-state index contributed by atoms with van der Waals surface area (Å²) >= 11 is 0. The van der Waals surface area contributed by atoms with Gasteiger partial charge in [-0.15, -0.1) is 0 Å². The topological polar surface area (TPSA) is 66.4 Å². The molecule has 84 valence electrons. The average Bonchev–Trinajstić information content (AvgIpc) is 2.41. The van der Waals surface area contributed by atoms with E-state index >= 15 is 0 Å². The predicted octanol–water partition coefficient (Wildman–Crippen LogP) is 0.551. The standard InChI is InChI=1S/C11H17NO3/c1-4-9(14)11(3)6-8(5-7(2)13)10(15)12-11/h6,9,14H,4-5H2,1-3H3,(H,12,15)/t9-,11+/m0/s1. The normalized spacial score (nSPS) is 27.2.